The van der Waals surface area contributed by atoms with Crippen LogP contribution >= 0.6 is 0 Å². The molecule has 2 aromatic carbocycles. The molecule has 1 heterocycles. The second kappa shape index (κ2) is 6.19. The van der Waals surface area contributed by atoms with E-state index in [0.29, 0.717) is 28.1 Å². The van der Waals surface area contributed by atoms with Crippen molar-refractivity contribution in [3.05, 3.63) is 52.6 Å². The smallest absolute Gasteiger partial charge is 0.264 e. The maximum Gasteiger partial charge on any atom is 0.264 e. The third-order valence-corrected chi connectivity index (χ3v) is 6.65. The molecule has 25 heavy (non-hydrogen) atoms. The lowest BCUT2D eigenvalue weighted by Gasteiger charge is -2.32. The van der Waals surface area contributed by atoms with Crippen molar-refractivity contribution in [2.45, 2.75) is 32.1 Å². The van der Waals surface area contributed by atoms with Crippen molar-refractivity contribution < 1.29 is 17.9 Å². The van der Waals surface area contributed by atoms with Crippen LogP contribution in [0.2, 0.25) is 0 Å². The summed E-state index contributed by atoms with van der Waals surface area (Å²) in [5.41, 5.74) is 3.00. The van der Waals surface area contributed by atoms with Gasteiger partial charge in [-0.15, -0.1) is 0 Å². The zero-order chi connectivity index (χ0) is 18.4. The number of para-hydroxylation sites is 1. The molecule has 3 rings (SSSR count). The molecule has 0 radical (unpaired) electrons. The third-order valence-electron chi connectivity index (χ3n) is 4.55. The summed E-state index contributed by atoms with van der Waals surface area (Å²) < 4.78 is 33.4. The van der Waals surface area contributed by atoms with Crippen molar-refractivity contribution in [2.75, 3.05) is 18.0 Å². The van der Waals surface area contributed by atoms with E-state index in [1.165, 1.54) is 4.31 Å². The van der Waals surface area contributed by atoms with Gasteiger partial charge in [0.25, 0.3) is 10.0 Å². The third kappa shape index (κ3) is 2.80. The number of hydrogen-bond donors (Lipinski definition) is 0. The van der Waals surface area contributed by atoms with Crippen molar-refractivity contribution in [2.24, 2.45) is 0 Å². The van der Waals surface area contributed by atoms with Gasteiger partial charge in [0.2, 0.25) is 0 Å². The van der Waals surface area contributed by atoms with Gasteiger partial charge in [-0.2, -0.15) is 0 Å². The largest absolute Gasteiger partial charge is 0.497 e. The Balaban J connectivity index is 2.21. The number of aryl methyl sites for hydroxylation is 3. The minimum atomic E-state index is -3.78. The van der Waals surface area contributed by atoms with Crippen molar-refractivity contribution in [1.82, 2.24) is 0 Å². The van der Waals surface area contributed by atoms with Gasteiger partial charge in [0.05, 0.1) is 17.7 Å². The highest BCUT2D eigenvalue weighted by atomic mass is 32.2. The number of carbonyl (C=O) groups excluding carboxylic acids is 1. The molecule has 5 nitrogen and oxygen atoms in total. The summed E-state index contributed by atoms with van der Waals surface area (Å²) >= 11 is 0. The summed E-state index contributed by atoms with van der Waals surface area (Å²) in [6, 6.07) is 8.74. The zero-order valence-electron chi connectivity index (χ0n) is 14.8. The molecule has 0 amide bonds. The Morgan fingerprint density at radius 1 is 1.04 bits per heavy atom. The van der Waals surface area contributed by atoms with E-state index in [0.717, 1.165) is 5.56 Å². The van der Waals surface area contributed by atoms with Gasteiger partial charge in [0, 0.05) is 18.5 Å². The Hall–Kier alpha value is -2.34. The molecule has 0 spiro atoms. The van der Waals surface area contributed by atoms with Crippen LogP contribution in [0.3, 0.4) is 0 Å². The molecule has 0 aliphatic carbocycles. The molecule has 132 valence electrons. The lowest BCUT2D eigenvalue weighted by atomic mass is 9.99. The number of Topliss-reactive ketones (excluding diaryl/α,β-unsaturated/α-hetero) is 1. The number of nitrogens with zero attached hydrogens (tertiary/aromatic N) is 1. The lowest BCUT2D eigenvalue weighted by Crippen LogP contribution is -2.38. The molecule has 0 aromatic heterocycles. The van der Waals surface area contributed by atoms with Crippen molar-refractivity contribution in [1.29, 1.82) is 0 Å². The Labute approximate surface area is 148 Å². The molecule has 0 fully saturated rings. The monoisotopic (exact) mass is 359 g/mol. The van der Waals surface area contributed by atoms with Gasteiger partial charge in [-0.3, -0.25) is 9.10 Å². The summed E-state index contributed by atoms with van der Waals surface area (Å²) in [5.74, 6) is 0.604. The highest BCUT2D eigenvalue weighted by molar-refractivity contribution is 7.93. The highest BCUT2D eigenvalue weighted by Crippen LogP contribution is 2.37. The number of benzene rings is 2. The normalized spacial score (nSPS) is 14.4. The number of fused-ring (bicyclic) bond motifs is 1. The van der Waals surface area contributed by atoms with Gasteiger partial charge in [-0.1, -0.05) is 12.1 Å². The minimum Gasteiger partial charge on any atom is -0.497 e. The minimum absolute atomic E-state index is 0.0201. The number of ether oxygens (including phenoxy) is 1. The van der Waals surface area contributed by atoms with Crippen LogP contribution in [0.5, 0.6) is 5.75 Å². The van der Waals surface area contributed by atoms with Crippen LogP contribution in [-0.2, 0) is 10.0 Å². The SMILES string of the molecule is COc1cc(C)c(S(=O)(=O)N2CCC(=O)c3cccc(C)c32)c(C)c1. The zero-order valence-corrected chi connectivity index (χ0v) is 15.6. The Bertz CT molecular complexity index is 940. The van der Waals surface area contributed by atoms with Gasteiger partial charge in [-0.05, 0) is 55.7 Å². The lowest BCUT2D eigenvalue weighted by molar-refractivity contribution is 0.0982. The van der Waals surface area contributed by atoms with E-state index in [2.05, 4.69) is 0 Å². The fourth-order valence-electron chi connectivity index (χ4n) is 3.45. The van der Waals surface area contributed by atoms with Crippen LogP contribution in [0.15, 0.2) is 35.2 Å². The van der Waals surface area contributed by atoms with Gasteiger partial charge in [0.1, 0.15) is 5.75 Å². The summed E-state index contributed by atoms with van der Waals surface area (Å²) in [4.78, 5) is 12.5. The molecule has 6 heteroatoms. The molecule has 0 unspecified atom stereocenters. The maximum absolute atomic E-state index is 13.4. The summed E-state index contributed by atoms with van der Waals surface area (Å²) in [6.07, 6.45) is 0.184. The van der Waals surface area contributed by atoms with Crippen LogP contribution in [0.25, 0.3) is 0 Å². The Kier molecular flexibility index (Phi) is 4.33. The van der Waals surface area contributed by atoms with E-state index in [1.54, 1.807) is 45.2 Å². The standard InChI is InChI=1S/C19H21NO4S/c1-12-6-5-7-16-17(21)8-9-20(18(12)16)25(22,23)19-13(2)10-15(24-4)11-14(19)3/h5-7,10-11H,8-9H2,1-4H3. The number of sulfonamides is 1. The van der Waals surface area contributed by atoms with Gasteiger partial charge in [-0.25, -0.2) is 8.42 Å². The van der Waals surface area contributed by atoms with Crippen molar-refractivity contribution in [3.63, 3.8) is 0 Å². The van der Waals surface area contributed by atoms with Gasteiger partial charge >= 0.3 is 0 Å². The second-order valence-electron chi connectivity index (χ2n) is 6.31. The second-order valence-corrected chi connectivity index (χ2v) is 8.11. The summed E-state index contributed by atoms with van der Waals surface area (Å²) in [7, 11) is -2.23. The van der Waals surface area contributed by atoms with E-state index >= 15 is 0 Å². The highest BCUT2D eigenvalue weighted by Gasteiger charge is 2.35. The average Bonchev–Trinajstić information content (AvgIpc) is 2.54. The first-order valence-electron chi connectivity index (χ1n) is 8.08. The Morgan fingerprint density at radius 3 is 2.28 bits per heavy atom. The fourth-order valence-corrected chi connectivity index (χ4v) is 5.42. The molecule has 1 aliphatic rings. The first kappa shape index (κ1) is 17.5. The van der Waals surface area contributed by atoms with Gasteiger partial charge < -0.3 is 4.74 Å². The van der Waals surface area contributed by atoms with Crippen LogP contribution in [-0.4, -0.2) is 27.9 Å². The van der Waals surface area contributed by atoms with E-state index in [4.69, 9.17) is 4.74 Å². The van der Waals surface area contributed by atoms with Crippen LogP contribution in [0, 0.1) is 20.8 Å². The molecule has 0 atom stereocenters. The van der Waals surface area contributed by atoms with Crippen LogP contribution in [0.1, 0.15) is 33.5 Å². The molecule has 1 aliphatic heterocycles. The molecule has 2 aromatic rings. The van der Waals surface area contributed by atoms with Crippen molar-refractivity contribution >= 4 is 21.5 Å². The van der Waals surface area contributed by atoms with E-state index in [9.17, 15) is 13.2 Å². The predicted octanol–water partition coefficient (Wildman–Crippen LogP) is 3.40. The van der Waals surface area contributed by atoms with E-state index in [-0.39, 0.29) is 23.6 Å². The first-order valence-corrected chi connectivity index (χ1v) is 9.52. The molecule has 0 N–H and O–H groups in total. The first-order chi connectivity index (χ1) is 11.8. The van der Waals surface area contributed by atoms with Crippen LogP contribution in [0.4, 0.5) is 5.69 Å². The topological polar surface area (TPSA) is 63.7 Å². The van der Waals surface area contributed by atoms with Gasteiger partial charge in [0.15, 0.2) is 5.78 Å². The number of methoxy groups -OCH3 is 1. The quantitative estimate of drug-likeness (QED) is 0.842. The summed E-state index contributed by atoms with van der Waals surface area (Å²) in [5, 5.41) is 0. The fraction of sp³-hybridized carbons (Fsp3) is 0.316. The predicted molar refractivity (Wildman–Crippen MR) is 97.1 cm³/mol. The van der Waals surface area contributed by atoms with Crippen molar-refractivity contribution in [3.8, 4) is 5.75 Å². The number of rotatable bonds is 3. The maximum atomic E-state index is 13.4. The van der Waals surface area contributed by atoms with E-state index in [1.807, 2.05) is 13.0 Å². The molecule has 0 saturated heterocycles. The average molecular weight is 359 g/mol. The number of anilines is 1. The molecular formula is C19H21NO4S. The molecular weight excluding hydrogens is 338 g/mol. The Morgan fingerprint density at radius 2 is 1.68 bits per heavy atom. The summed E-state index contributed by atoms with van der Waals surface area (Å²) in [6.45, 7) is 5.50. The number of ketones is 1. The van der Waals surface area contributed by atoms with E-state index < -0.39 is 10.0 Å². The molecule has 0 saturated carbocycles. The number of hydrogen-bond acceptors (Lipinski definition) is 4. The number of carbonyl (C=O) groups is 1. The molecule has 0 bridgehead atoms. The van der Waals surface area contributed by atoms with Crippen LogP contribution < -0.4 is 9.04 Å².